The van der Waals surface area contributed by atoms with Crippen molar-refractivity contribution in [1.29, 1.82) is 0 Å². The second-order valence-electron chi connectivity index (χ2n) is 6.61. The summed E-state index contributed by atoms with van der Waals surface area (Å²) < 4.78 is 19.6. The molecule has 2 heterocycles. The van der Waals surface area contributed by atoms with Crippen LogP contribution >= 0.6 is 11.8 Å². The molecule has 2 aliphatic heterocycles. The molecule has 1 spiro atoms. The predicted molar refractivity (Wildman–Crippen MR) is 77.0 cm³/mol. The van der Waals surface area contributed by atoms with Crippen LogP contribution in [0.4, 0.5) is 4.39 Å². The Morgan fingerprint density at radius 1 is 1.37 bits per heavy atom. The minimum atomic E-state index is -0.243. The van der Waals surface area contributed by atoms with Crippen molar-refractivity contribution in [3.8, 4) is 5.75 Å². The van der Waals surface area contributed by atoms with E-state index in [1.54, 1.807) is 6.07 Å². The van der Waals surface area contributed by atoms with Crippen molar-refractivity contribution in [1.82, 2.24) is 0 Å². The van der Waals surface area contributed by atoms with Gasteiger partial charge in [0, 0.05) is 23.8 Å². The average Bonchev–Trinajstić information content (AvgIpc) is 2.29. The average molecular weight is 281 g/mol. The van der Waals surface area contributed by atoms with Crippen LogP contribution in [0, 0.1) is 11.2 Å². The topological polar surface area (TPSA) is 35.2 Å². The lowest BCUT2D eigenvalue weighted by Crippen LogP contribution is -2.51. The first kappa shape index (κ1) is 13.3. The number of rotatable bonds is 0. The van der Waals surface area contributed by atoms with Gasteiger partial charge in [-0.15, -0.1) is 0 Å². The Hall–Kier alpha value is -0.740. The van der Waals surface area contributed by atoms with Crippen LogP contribution in [-0.2, 0) is 0 Å². The van der Waals surface area contributed by atoms with Gasteiger partial charge in [-0.1, -0.05) is 13.8 Å². The minimum absolute atomic E-state index is 0.131. The van der Waals surface area contributed by atoms with Crippen molar-refractivity contribution in [2.24, 2.45) is 11.1 Å². The van der Waals surface area contributed by atoms with Gasteiger partial charge in [-0.05, 0) is 35.8 Å². The highest BCUT2D eigenvalue weighted by atomic mass is 32.2. The van der Waals surface area contributed by atoms with Gasteiger partial charge in [-0.25, -0.2) is 4.39 Å². The third-order valence-electron chi connectivity index (χ3n) is 3.95. The van der Waals surface area contributed by atoms with Crippen molar-refractivity contribution >= 4 is 11.8 Å². The van der Waals surface area contributed by atoms with E-state index < -0.39 is 0 Å². The van der Waals surface area contributed by atoms with Gasteiger partial charge in [-0.3, -0.25) is 0 Å². The first-order valence-electron chi connectivity index (χ1n) is 6.71. The summed E-state index contributed by atoms with van der Waals surface area (Å²) in [5.74, 6) is 2.65. The molecule has 0 bridgehead atoms. The van der Waals surface area contributed by atoms with Gasteiger partial charge in [0.15, 0.2) is 0 Å². The van der Waals surface area contributed by atoms with Crippen LogP contribution in [0.1, 0.15) is 38.3 Å². The molecule has 1 aromatic rings. The Morgan fingerprint density at radius 2 is 2.16 bits per heavy atom. The normalized spacial score (nSPS) is 32.7. The molecule has 1 fully saturated rings. The van der Waals surface area contributed by atoms with Gasteiger partial charge in [0.2, 0.25) is 0 Å². The van der Waals surface area contributed by atoms with Gasteiger partial charge in [-0.2, -0.15) is 11.8 Å². The van der Waals surface area contributed by atoms with Crippen molar-refractivity contribution < 1.29 is 9.13 Å². The molecule has 1 unspecified atom stereocenters. The van der Waals surface area contributed by atoms with E-state index in [1.807, 2.05) is 11.8 Å². The first-order chi connectivity index (χ1) is 8.89. The number of thioether (sulfide) groups is 1. The fourth-order valence-corrected chi connectivity index (χ4v) is 4.78. The molecule has 0 aromatic heterocycles. The Bertz CT molecular complexity index is 505. The van der Waals surface area contributed by atoms with E-state index in [0.29, 0.717) is 0 Å². The van der Waals surface area contributed by atoms with Crippen molar-refractivity contribution in [3.63, 3.8) is 0 Å². The summed E-state index contributed by atoms with van der Waals surface area (Å²) >= 11 is 1.93. The van der Waals surface area contributed by atoms with Gasteiger partial charge in [0.05, 0.1) is 0 Å². The molecule has 104 valence electrons. The van der Waals surface area contributed by atoms with E-state index in [4.69, 9.17) is 10.5 Å². The lowest BCUT2D eigenvalue weighted by atomic mass is 9.76. The first-order valence-corrected chi connectivity index (χ1v) is 7.87. The lowest BCUT2D eigenvalue weighted by molar-refractivity contribution is 0.0165. The van der Waals surface area contributed by atoms with E-state index in [-0.39, 0.29) is 22.9 Å². The quantitative estimate of drug-likeness (QED) is 0.790. The van der Waals surface area contributed by atoms with Crippen molar-refractivity contribution in [2.45, 2.75) is 38.3 Å². The molecule has 2 atom stereocenters. The lowest BCUT2D eigenvalue weighted by Gasteiger charge is -2.48. The highest BCUT2D eigenvalue weighted by Gasteiger charge is 2.46. The van der Waals surface area contributed by atoms with Gasteiger partial charge in [0.25, 0.3) is 0 Å². The fraction of sp³-hybridized carbons (Fsp3) is 0.600. The largest absolute Gasteiger partial charge is 0.486 e. The van der Waals surface area contributed by atoms with Crippen LogP contribution in [0.3, 0.4) is 0 Å². The number of hydrogen-bond acceptors (Lipinski definition) is 3. The van der Waals surface area contributed by atoms with Crippen LogP contribution in [0.5, 0.6) is 5.75 Å². The molecule has 0 aliphatic carbocycles. The predicted octanol–water partition coefficient (Wildman–Crippen LogP) is 3.51. The van der Waals surface area contributed by atoms with Crippen molar-refractivity contribution in [2.75, 3.05) is 11.5 Å². The molecule has 0 saturated carbocycles. The number of benzene rings is 1. The molecule has 2 aliphatic rings. The summed E-state index contributed by atoms with van der Waals surface area (Å²) in [6.07, 6.45) is 1.79. The zero-order valence-electron chi connectivity index (χ0n) is 11.4. The maximum Gasteiger partial charge on any atom is 0.125 e. The summed E-state index contributed by atoms with van der Waals surface area (Å²) in [6, 6.07) is 4.55. The molecule has 2 N–H and O–H groups in total. The highest BCUT2D eigenvalue weighted by Crippen LogP contribution is 2.48. The number of halogens is 1. The fourth-order valence-electron chi connectivity index (χ4n) is 3.37. The molecule has 2 nitrogen and oxygen atoms in total. The highest BCUT2D eigenvalue weighted by molar-refractivity contribution is 7.99. The molecular formula is C15H20FNOS. The zero-order valence-corrected chi connectivity index (χ0v) is 12.2. The monoisotopic (exact) mass is 281 g/mol. The number of ether oxygens (including phenoxy) is 1. The Kier molecular flexibility index (Phi) is 3.06. The Balaban J connectivity index is 1.94. The van der Waals surface area contributed by atoms with Crippen LogP contribution in [0.15, 0.2) is 18.2 Å². The van der Waals surface area contributed by atoms with E-state index in [1.165, 1.54) is 12.1 Å². The van der Waals surface area contributed by atoms with E-state index in [9.17, 15) is 4.39 Å². The molecule has 1 aromatic carbocycles. The van der Waals surface area contributed by atoms with Crippen molar-refractivity contribution in [3.05, 3.63) is 29.6 Å². The summed E-state index contributed by atoms with van der Waals surface area (Å²) in [5, 5.41) is 0. The van der Waals surface area contributed by atoms with Crippen LogP contribution in [-0.4, -0.2) is 17.1 Å². The van der Waals surface area contributed by atoms with E-state index in [2.05, 4.69) is 13.8 Å². The Labute approximate surface area is 117 Å². The summed E-state index contributed by atoms with van der Waals surface area (Å²) in [4.78, 5) is 0. The summed E-state index contributed by atoms with van der Waals surface area (Å²) in [6.45, 7) is 4.55. The molecule has 3 rings (SSSR count). The second-order valence-corrected chi connectivity index (χ2v) is 7.60. The maximum atomic E-state index is 13.3. The Morgan fingerprint density at radius 3 is 2.89 bits per heavy atom. The summed E-state index contributed by atoms with van der Waals surface area (Å²) in [7, 11) is 0. The molecule has 4 heteroatoms. The third-order valence-corrected chi connectivity index (χ3v) is 5.66. The maximum absolute atomic E-state index is 13.3. The second kappa shape index (κ2) is 4.38. The minimum Gasteiger partial charge on any atom is -0.486 e. The standard InChI is InChI=1S/C15H20FNOS/c1-14(2)7-15(9-19-8-14)6-12(17)11-5-10(16)3-4-13(11)18-15/h3-5,12H,6-9,17H2,1-2H3/t12-,15?/m1/s1. The smallest absolute Gasteiger partial charge is 0.125 e. The summed E-state index contributed by atoms with van der Waals surface area (Å²) in [5.41, 5.74) is 7.14. The third kappa shape index (κ3) is 2.48. The zero-order chi connectivity index (χ0) is 13.7. The van der Waals surface area contributed by atoms with Gasteiger partial charge in [0.1, 0.15) is 17.2 Å². The molecule has 0 radical (unpaired) electrons. The number of hydrogen-bond donors (Lipinski definition) is 1. The number of nitrogens with two attached hydrogens (primary N) is 1. The van der Waals surface area contributed by atoms with E-state index in [0.717, 1.165) is 35.7 Å². The van der Waals surface area contributed by atoms with E-state index >= 15 is 0 Å². The van der Waals surface area contributed by atoms with Gasteiger partial charge < -0.3 is 10.5 Å². The van der Waals surface area contributed by atoms with Crippen LogP contribution in [0.2, 0.25) is 0 Å². The van der Waals surface area contributed by atoms with Crippen LogP contribution in [0.25, 0.3) is 0 Å². The molecular weight excluding hydrogens is 261 g/mol. The number of fused-ring (bicyclic) bond motifs is 1. The SMILES string of the molecule is CC1(C)CSCC2(C[C@@H](N)c3cc(F)ccc3O2)C1. The van der Waals surface area contributed by atoms with Crippen LogP contribution < -0.4 is 10.5 Å². The molecule has 0 amide bonds. The molecule has 19 heavy (non-hydrogen) atoms. The van der Waals surface area contributed by atoms with Gasteiger partial charge >= 0.3 is 0 Å². The molecule has 1 saturated heterocycles.